The number of hydrogen-bond donors (Lipinski definition) is 0. The van der Waals surface area contributed by atoms with E-state index in [-0.39, 0.29) is 0 Å². The summed E-state index contributed by atoms with van der Waals surface area (Å²) in [7, 11) is -3.34. The Morgan fingerprint density at radius 2 is 1.82 bits per heavy atom. The number of benzene rings is 1. The van der Waals surface area contributed by atoms with Crippen molar-refractivity contribution >= 4 is 7.60 Å². The van der Waals surface area contributed by atoms with Crippen molar-refractivity contribution in [2.75, 3.05) is 13.2 Å². The molecule has 0 saturated heterocycles. The van der Waals surface area contributed by atoms with Crippen LogP contribution in [0.2, 0.25) is 0 Å². The average molecular weight is 323 g/mol. The van der Waals surface area contributed by atoms with Crippen LogP contribution in [0.15, 0.2) is 40.9 Å². The van der Waals surface area contributed by atoms with Gasteiger partial charge in [-0.05, 0) is 32.8 Å². The third-order valence-electron chi connectivity index (χ3n) is 3.25. The summed E-state index contributed by atoms with van der Waals surface area (Å²) in [5, 5.41) is 3.91. The highest BCUT2D eigenvalue weighted by Gasteiger charge is 2.39. The molecule has 2 rings (SSSR count). The molecule has 0 amide bonds. The van der Waals surface area contributed by atoms with Gasteiger partial charge in [0.15, 0.2) is 5.76 Å². The van der Waals surface area contributed by atoms with Gasteiger partial charge in [0.05, 0.1) is 18.9 Å². The quantitative estimate of drug-likeness (QED) is 0.668. The topological polar surface area (TPSA) is 61.6 Å². The Balaban J connectivity index is 2.37. The van der Waals surface area contributed by atoms with Crippen molar-refractivity contribution in [3.8, 4) is 0 Å². The molecule has 1 aromatic heterocycles. The average Bonchev–Trinajstić information content (AvgIpc) is 2.92. The molecule has 0 saturated carbocycles. The minimum absolute atomic E-state index is 0.315. The Labute approximate surface area is 131 Å². The van der Waals surface area contributed by atoms with Crippen molar-refractivity contribution in [2.45, 2.75) is 32.9 Å². The third kappa shape index (κ3) is 4.07. The molecule has 0 radical (unpaired) electrons. The Bertz CT molecular complexity index is 616. The van der Waals surface area contributed by atoms with Crippen LogP contribution in [0.3, 0.4) is 0 Å². The molecule has 5 nitrogen and oxygen atoms in total. The SMILES string of the molecule is CCOP(=O)(OCC)C(Cc1ccccc1)c1cc(C)no1. The highest BCUT2D eigenvalue weighted by atomic mass is 31.2. The molecule has 0 spiro atoms. The molecular formula is C16H22NO4P. The van der Waals surface area contributed by atoms with E-state index >= 15 is 0 Å². The van der Waals surface area contributed by atoms with E-state index in [1.54, 1.807) is 19.9 Å². The van der Waals surface area contributed by atoms with Crippen LogP contribution in [0.25, 0.3) is 0 Å². The first-order valence-corrected chi connectivity index (χ1v) is 9.06. The van der Waals surface area contributed by atoms with Crippen molar-refractivity contribution in [2.24, 2.45) is 0 Å². The van der Waals surface area contributed by atoms with Gasteiger partial charge in [-0.2, -0.15) is 0 Å². The summed E-state index contributed by atoms with van der Waals surface area (Å²) in [5.74, 6) is 0.534. The maximum Gasteiger partial charge on any atom is 0.341 e. The van der Waals surface area contributed by atoms with Crippen LogP contribution in [0, 0.1) is 6.92 Å². The van der Waals surface area contributed by atoms with E-state index in [1.165, 1.54) is 0 Å². The van der Waals surface area contributed by atoms with E-state index in [2.05, 4.69) is 5.16 Å². The Morgan fingerprint density at radius 1 is 1.18 bits per heavy atom. The molecular weight excluding hydrogens is 301 g/mol. The first-order chi connectivity index (χ1) is 10.6. The lowest BCUT2D eigenvalue weighted by atomic mass is 10.1. The van der Waals surface area contributed by atoms with Crippen LogP contribution in [0.1, 0.15) is 36.5 Å². The van der Waals surface area contributed by atoms with Gasteiger partial charge in [-0.1, -0.05) is 35.5 Å². The summed E-state index contributed by atoms with van der Waals surface area (Å²) in [4.78, 5) is 0. The molecule has 0 aliphatic heterocycles. The third-order valence-corrected chi connectivity index (χ3v) is 5.68. The van der Waals surface area contributed by atoms with Gasteiger partial charge in [0.2, 0.25) is 0 Å². The molecule has 2 aromatic rings. The van der Waals surface area contributed by atoms with E-state index < -0.39 is 13.3 Å². The lowest BCUT2D eigenvalue weighted by Gasteiger charge is -2.24. The van der Waals surface area contributed by atoms with Gasteiger partial charge >= 0.3 is 7.60 Å². The van der Waals surface area contributed by atoms with Crippen molar-refractivity contribution < 1.29 is 18.1 Å². The summed E-state index contributed by atoms with van der Waals surface area (Å²) in [5.41, 5.74) is 1.28. The van der Waals surface area contributed by atoms with Gasteiger partial charge in [-0.15, -0.1) is 0 Å². The second kappa shape index (κ2) is 7.73. The molecule has 120 valence electrons. The van der Waals surface area contributed by atoms with E-state index in [0.29, 0.717) is 25.4 Å². The highest BCUT2D eigenvalue weighted by molar-refractivity contribution is 7.54. The van der Waals surface area contributed by atoms with Crippen LogP contribution in [-0.4, -0.2) is 18.4 Å². The monoisotopic (exact) mass is 323 g/mol. The van der Waals surface area contributed by atoms with Crippen molar-refractivity contribution in [3.63, 3.8) is 0 Å². The molecule has 6 heteroatoms. The Morgan fingerprint density at radius 3 is 2.32 bits per heavy atom. The fourth-order valence-electron chi connectivity index (χ4n) is 2.32. The maximum atomic E-state index is 13.2. The number of hydrogen-bond acceptors (Lipinski definition) is 5. The minimum Gasteiger partial charge on any atom is -0.360 e. The van der Waals surface area contributed by atoms with Crippen molar-refractivity contribution in [1.29, 1.82) is 0 Å². The van der Waals surface area contributed by atoms with Gasteiger partial charge in [0, 0.05) is 6.07 Å². The zero-order chi connectivity index (χ0) is 16.0. The van der Waals surface area contributed by atoms with Crippen LogP contribution >= 0.6 is 7.60 Å². The number of rotatable bonds is 8. The fourth-order valence-corrected chi connectivity index (χ4v) is 4.34. The summed E-state index contributed by atoms with van der Waals surface area (Å²) in [6, 6.07) is 11.6. The first kappa shape index (κ1) is 16.9. The molecule has 1 heterocycles. The van der Waals surface area contributed by atoms with Gasteiger partial charge in [-0.25, -0.2) is 0 Å². The van der Waals surface area contributed by atoms with Gasteiger partial charge in [-0.3, -0.25) is 4.57 Å². The number of nitrogens with zero attached hydrogens (tertiary/aromatic N) is 1. The first-order valence-electron chi connectivity index (χ1n) is 7.45. The Hall–Kier alpha value is -1.42. The standard InChI is InChI=1S/C16H22NO4P/c1-4-19-22(18,20-5-2)16(15-11-13(3)17-21-15)12-14-9-7-6-8-10-14/h6-11,16H,4-5,12H2,1-3H3. The van der Waals surface area contributed by atoms with E-state index in [9.17, 15) is 4.57 Å². The van der Waals surface area contributed by atoms with Crippen LogP contribution in [-0.2, 0) is 20.0 Å². The zero-order valence-corrected chi connectivity index (χ0v) is 14.1. The normalized spacial score (nSPS) is 13.2. The Kier molecular flexibility index (Phi) is 5.95. The summed E-state index contributed by atoms with van der Waals surface area (Å²) >= 11 is 0. The lowest BCUT2D eigenvalue weighted by Crippen LogP contribution is -2.09. The van der Waals surface area contributed by atoms with Crippen LogP contribution in [0.5, 0.6) is 0 Å². The second-order valence-electron chi connectivity index (χ2n) is 4.95. The molecule has 0 aliphatic carbocycles. The molecule has 0 fully saturated rings. The molecule has 0 aliphatic rings. The molecule has 1 unspecified atom stereocenters. The summed E-state index contributed by atoms with van der Waals surface area (Å²) < 4.78 is 29.6. The number of aryl methyl sites for hydroxylation is 1. The predicted octanol–water partition coefficient (Wildman–Crippen LogP) is 4.53. The van der Waals surface area contributed by atoms with Crippen molar-refractivity contribution in [1.82, 2.24) is 5.16 Å². The predicted molar refractivity (Wildman–Crippen MR) is 85.0 cm³/mol. The molecule has 1 aromatic carbocycles. The van der Waals surface area contributed by atoms with Gasteiger partial charge in [0.1, 0.15) is 5.66 Å². The van der Waals surface area contributed by atoms with E-state index in [0.717, 1.165) is 11.3 Å². The summed E-state index contributed by atoms with van der Waals surface area (Å²) in [6.45, 7) is 6.07. The highest BCUT2D eigenvalue weighted by Crippen LogP contribution is 2.62. The van der Waals surface area contributed by atoms with E-state index in [4.69, 9.17) is 13.6 Å². The van der Waals surface area contributed by atoms with E-state index in [1.807, 2.05) is 37.3 Å². The summed E-state index contributed by atoms with van der Waals surface area (Å²) in [6.07, 6.45) is 0.507. The minimum atomic E-state index is -3.34. The lowest BCUT2D eigenvalue weighted by molar-refractivity contribution is 0.206. The largest absolute Gasteiger partial charge is 0.360 e. The number of aromatic nitrogens is 1. The molecule has 0 bridgehead atoms. The van der Waals surface area contributed by atoms with Crippen LogP contribution in [0.4, 0.5) is 0 Å². The molecule has 0 N–H and O–H groups in total. The van der Waals surface area contributed by atoms with Crippen molar-refractivity contribution in [3.05, 3.63) is 53.4 Å². The fraction of sp³-hybridized carbons (Fsp3) is 0.438. The second-order valence-corrected chi connectivity index (χ2v) is 7.17. The molecule has 1 atom stereocenters. The smallest absolute Gasteiger partial charge is 0.341 e. The van der Waals surface area contributed by atoms with Gasteiger partial charge < -0.3 is 13.6 Å². The maximum absolute atomic E-state index is 13.2. The van der Waals surface area contributed by atoms with Gasteiger partial charge in [0.25, 0.3) is 0 Å². The molecule has 22 heavy (non-hydrogen) atoms. The zero-order valence-electron chi connectivity index (χ0n) is 13.2. The van der Waals surface area contributed by atoms with Crippen LogP contribution < -0.4 is 0 Å².